The fourth-order valence-electron chi connectivity index (χ4n) is 2.15. The number of hydrogen-bond acceptors (Lipinski definition) is 2. The first kappa shape index (κ1) is 8.04. The molecule has 1 aromatic carbocycles. The van der Waals surface area contributed by atoms with Gasteiger partial charge in [0.1, 0.15) is 6.17 Å². The van der Waals surface area contributed by atoms with Gasteiger partial charge in [0, 0.05) is 24.5 Å². The number of hydrogen-bond donors (Lipinski definition) is 0. The van der Waals surface area contributed by atoms with Crippen LogP contribution in [0.25, 0.3) is 0 Å². The molecule has 1 fully saturated rings. The molecule has 0 aromatic heterocycles. The number of aliphatic imine (C=N–C) groups is 1. The van der Waals surface area contributed by atoms with E-state index in [1.54, 1.807) is 0 Å². The lowest BCUT2D eigenvalue weighted by molar-refractivity contribution is 0.583. The molecule has 1 atom stereocenters. The van der Waals surface area contributed by atoms with Crippen molar-refractivity contribution in [2.24, 2.45) is 10.9 Å². The third-order valence-electron chi connectivity index (χ3n) is 3.12. The summed E-state index contributed by atoms with van der Waals surface area (Å²) in [5.74, 6) is 0.796. The quantitative estimate of drug-likeness (QED) is 0.657. The molecule has 0 radical (unpaired) electrons. The fourth-order valence-corrected chi connectivity index (χ4v) is 2.15. The van der Waals surface area contributed by atoms with Crippen molar-refractivity contribution in [1.29, 1.82) is 0 Å². The van der Waals surface area contributed by atoms with Crippen LogP contribution < -0.4 is 4.90 Å². The smallest absolute Gasteiger partial charge is 0.123 e. The number of anilines is 1. The van der Waals surface area contributed by atoms with Gasteiger partial charge in [-0.15, -0.1) is 0 Å². The Labute approximate surface area is 84.3 Å². The normalized spacial score (nSPS) is 24.9. The Morgan fingerprint density at radius 3 is 2.86 bits per heavy atom. The van der Waals surface area contributed by atoms with Crippen molar-refractivity contribution in [2.45, 2.75) is 19.0 Å². The average Bonchev–Trinajstić information content (AvgIpc) is 3.03. The van der Waals surface area contributed by atoms with Gasteiger partial charge in [0.05, 0.1) is 0 Å². The molecule has 1 aliphatic heterocycles. The van der Waals surface area contributed by atoms with E-state index in [0.29, 0.717) is 6.17 Å². The minimum Gasteiger partial charge on any atom is -0.352 e. The molecule has 2 heteroatoms. The maximum absolute atomic E-state index is 4.61. The first-order chi connectivity index (χ1) is 6.86. The lowest BCUT2D eigenvalue weighted by Gasteiger charge is -2.31. The van der Waals surface area contributed by atoms with Gasteiger partial charge < -0.3 is 4.90 Å². The summed E-state index contributed by atoms with van der Waals surface area (Å²) < 4.78 is 0. The Bertz CT molecular complexity index is 380. The number of nitrogens with zero attached hydrogens (tertiary/aromatic N) is 2. The third-order valence-corrected chi connectivity index (χ3v) is 3.12. The van der Waals surface area contributed by atoms with Crippen LogP contribution in [0.3, 0.4) is 0 Å². The highest BCUT2D eigenvalue weighted by Crippen LogP contribution is 2.39. The molecular weight excluding hydrogens is 172 g/mol. The minimum atomic E-state index is 0.393. The van der Waals surface area contributed by atoms with Crippen LogP contribution in [0.5, 0.6) is 0 Å². The first-order valence-corrected chi connectivity index (χ1v) is 5.21. The van der Waals surface area contributed by atoms with E-state index in [4.69, 9.17) is 0 Å². The molecule has 0 N–H and O–H groups in total. The average molecular weight is 186 g/mol. The fraction of sp³-hybridized carbons (Fsp3) is 0.417. The van der Waals surface area contributed by atoms with Crippen LogP contribution >= 0.6 is 0 Å². The van der Waals surface area contributed by atoms with E-state index in [1.165, 1.54) is 24.1 Å². The van der Waals surface area contributed by atoms with Gasteiger partial charge in [-0.3, -0.25) is 4.99 Å². The van der Waals surface area contributed by atoms with Crippen molar-refractivity contribution < 1.29 is 0 Å². The molecule has 0 spiro atoms. The minimum absolute atomic E-state index is 0.393. The summed E-state index contributed by atoms with van der Waals surface area (Å²) >= 11 is 0. The van der Waals surface area contributed by atoms with Crippen LogP contribution in [0.4, 0.5) is 5.69 Å². The van der Waals surface area contributed by atoms with Crippen LogP contribution in [-0.2, 0) is 0 Å². The van der Waals surface area contributed by atoms with E-state index in [9.17, 15) is 0 Å². The zero-order valence-corrected chi connectivity index (χ0v) is 8.35. The van der Waals surface area contributed by atoms with Gasteiger partial charge in [0.25, 0.3) is 0 Å². The van der Waals surface area contributed by atoms with Crippen molar-refractivity contribution >= 4 is 11.9 Å². The van der Waals surface area contributed by atoms with Gasteiger partial charge in [-0.05, 0) is 24.8 Å². The van der Waals surface area contributed by atoms with Gasteiger partial charge in [0.2, 0.25) is 0 Å². The maximum atomic E-state index is 4.61. The molecule has 1 heterocycles. The van der Waals surface area contributed by atoms with Crippen molar-refractivity contribution in [3.05, 3.63) is 29.8 Å². The summed E-state index contributed by atoms with van der Waals surface area (Å²) in [5, 5.41) is 0. The Morgan fingerprint density at radius 1 is 1.29 bits per heavy atom. The van der Waals surface area contributed by atoms with E-state index >= 15 is 0 Å². The topological polar surface area (TPSA) is 15.6 Å². The third kappa shape index (κ3) is 1.14. The monoisotopic (exact) mass is 186 g/mol. The summed E-state index contributed by atoms with van der Waals surface area (Å²) in [4.78, 5) is 6.93. The van der Waals surface area contributed by atoms with Gasteiger partial charge in [-0.2, -0.15) is 0 Å². The summed E-state index contributed by atoms with van der Waals surface area (Å²) in [6.45, 7) is 0. The predicted molar refractivity (Wildman–Crippen MR) is 59.0 cm³/mol. The van der Waals surface area contributed by atoms with Crippen LogP contribution in [0.1, 0.15) is 18.4 Å². The molecule has 3 rings (SSSR count). The first-order valence-electron chi connectivity index (χ1n) is 5.21. The highest BCUT2D eigenvalue weighted by Gasteiger charge is 2.35. The largest absolute Gasteiger partial charge is 0.352 e. The molecule has 1 unspecified atom stereocenters. The van der Waals surface area contributed by atoms with Crippen LogP contribution in [0, 0.1) is 5.92 Å². The lowest BCUT2D eigenvalue weighted by Crippen LogP contribution is -2.35. The van der Waals surface area contributed by atoms with Crippen LogP contribution in [-0.4, -0.2) is 19.4 Å². The second kappa shape index (κ2) is 2.84. The van der Waals surface area contributed by atoms with Gasteiger partial charge >= 0.3 is 0 Å². The van der Waals surface area contributed by atoms with Gasteiger partial charge in [-0.1, -0.05) is 18.2 Å². The summed E-state index contributed by atoms with van der Waals surface area (Å²) in [7, 11) is 2.15. The molecule has 2 nitrogen and oxygen atoms in total. The zero-order valence-electron chi connectivity index (χ0n) is 8.35. The second-order valence-corrected chi connectivity index (χ2v) is 4.20. The molecule has 0 amide bonds. The van der Waals surface area contributed by atoms with Crippen LogP contribution in [0.2, 0.25) is 0 Å². The number of benzene rings is 1. The van der Waals surface area contributed by atoms with Crippen LogP contribution in [0.15, 0.2) is 29.3 Å². The summed E-state index contributed by atoms with van der Waals surface area (Å²) in [6.07, 6.45) is 5.10. The SMILES string of the molecule is CN1c2ccccc2C=NC1C1CC1. The molecule has 1 aromatic rings. The van der Waals surface area contributed by atoms with Crippen molar-refractivity contribution in [1.82, 2.24) is 0 Å². The Kier molecular flexibility index (Phi) is 1.63. The van der Waals surface area contributed by atoms with E-state index in [2.05, 4.69) is 41.2 Å². The van der Waals surface area contributed by atoms with E-state index in [-0.39, 0.29) is 0 Å². The molecule has 1 saturated carbocycles. The Balaban J connectivity index is 2.00. The molecular formula is C12H14N2. The molecule has 72 valence electrons. The Morgan fingerprint density at radius 2 is 2.07 bits per heavy atom. The molecule has 0 bridgehead atoms. The number of rotatable bonds is 1. The molecule has 0 saturated heterocycles. The molecule has 1 aliphatic carbocycles. The zero-order chi connectivity index (χ0) is 9.54. The lowest BCUT2D eigenvalue weighted by atomic mass is 10.1. The van der Waals surface area contributed by atoms with E-state index < -0.39 is 0 Å². The molecule has 14 heavy (non-hydrogen) atoms. The van der Waals surface area contributed by atoms with E-state index in [0.717, 1.165) is 5.92 Å². The standard InChI is InChI=1S/C12H14N2/c1-14-11-5-3-2-4-10(11)8-13-12(14)9-6-7-9/h2-5,8-9,12H,6-7H2,1H3. The maximum Gasteiger partial charge on any atom is 0.123 e. The highest BCUT2D eigenvalue weighted by molar-refractivity contribution is 5.90. The number of para-hydroxylation sites is 1. The second-order valence-electron chi connectivity index (χ2n) is 4.20. The Hall–Kier alpha value is -1.31. The van der Waals surface area contributed by atoms with Gasteiger partial charge in [-0.25, -0.2) is 0 Å². The number of fused-ring (bicyclic) bond motifs is 1. The molecule has 2 aliphatic rings. The predicted octanol–water partition coefficient (Wildman–Crippen LogP) is 2.29. The van der Waals surface area contributed by atoms with Crippen molar-refractivity contribution in [3.63, 3.8) is 0 Å². The summed E-state index contributed by atoms with van der Waals surface area (Å²) in [5.41, 5.74) is 2.56. The van der Waals surface area contributed by atoms with Gasteiger partial charge in [0.15, 0.2) is 0 Å². The van der Waals surface area contributed by atoms with E-state index in [1.807, 2.05) is 6.21 Å². The highest BCUT2D eigenvalue weighted by atomic mass is 15.2. The van der Waals surface area contributed by atoms with Crippen molar-refractivity contribution in [3.8, 4) is 0 Å². The van der Waals surface area contributed by atoms with Crippen molar-refractivity contribution in [2.75, 3.05) is 11.9 Å². The summed E-state index contributed by atoms with van der Waals surface area (Å²) in [6, 6.07) is 8.46.